The van der Waals surface area contributed by atoms with Crippen molar-refractivity contribution in [1.29, 1.82) is 0 Å². The number of carbonyl (C=O) groups excluding carboxylic acids is 1. The molecule has 1 atom stereocenters. The molecule has 1 N–H and O–H groups in total. The Morgan fingerprint density at radius 3 is 2.78 bits per heavy atom. The molecule has 0 saturated carbocycles. The van der Waals surface area contributed by atoms with Gasteiger partial charge in [0.1, 0.15) is 0 Å². The van der Waals surface area contributed by atoms with Crippen LogP contribution in [0.25, 0.3) is 0 Å². The molecule has 18 heavy (non-hydrogen) atoms. The van der Waals surface area contributed by atoms with Gasteiger partial charge in [0.2, 0.25) is 5.91 Å². The summed E-state index contributed by atoms with van der Waals surface area (Å²) in [7, 11) is 0. The second-order valence-electron chi connectivity index (χ2n) is 5.26. The maximum atomic E-state index is 12.3. The quantitative estimate of drug-likeness (QED) is 0.737. The summed E-state index contributed by atoms with van der Waals surface area (Å²) in [5.74, 6) is 0.855. The number of hydrogen-bond donors (Lipinski definition) is 1. The number of rotatable bonds is 6. The van der Waals surface area contributed by atoms with Crippen molar-refractivity contribution in [2.45, 2.75) is 46.5 Å². The summed E-state index contributed by atoms with van der Waals surface area (Å²) in [4.78, 5) is 14.4. The van der Waals surface area contributed by atoms with E-state index in [0.717, 1.165) is 44.6 Å². The van der Waals surface area contributed by atoms with Gasteiger partial charge in [0.15, 0.2) is 0 Å². The maximum Gasteiger partial charge on any atom is 0.249 e. The molecule has 1 fully saturated rings. The zero-order chi connectivity index (χ0) is 13.4. The zero-order valence-electron chi connectivity index (χ0n) is 12.2. The molecule has 104 valence electrons. The van der Waals surface area contributed by atoms with Gasteiger partial charge in [-0.05, 0) is 51.6 Å². The van der Waals surface area contributed by atoms with Crippen molar-refractivity contribution in [2.75, 3.05) is 26.2 Å². The fourth-order valence-corrected chi connectivity index (χ4v) is 2.58. The predicted octanol–water partition coefficient (Wildman–Crippen LogP) is 2.58. The number of carbonyl (C=O) groups is 1. The maximum absolute atomic E-state index is 12.3. The Labute approximate surface area is 112 Å². The number of nitrogens with zero attached hydrogens (tertiary/aromatic N) is 1. The van der Waals surface area contributed by atoms with Crippen LogP contribution in [-0.4, -0.2) is 37.0 Å². The van der Waals surface area contributed by atoms with Crippen LogP contribution in [0.5, 0.6) is 0 Å². The van der Waals surface area contributed by atoms with E-state index in [1.807, 2.05) is 17.9 Å². The Balaban J connectivity index is 2.57. The molecule has 0 bridgehead atoms. The molecule has 1 amide bonds. The lowest BCUT2D eigenvalue weighted by Crippen LogP contribution is -2.41. The first-order chi connectivity index (χ1) is 8.69. The molecule has 0 radical (unpaired) electrons. The topological polar surface area (TPSA) is 32.3 Å². The van der Waals surface area contributed by atoms with Gasteiger partial charge in [-0.1, -0.05) is 19.9 Å². The van der Waals surface area contributed by atoms with Crippen LogP contribution in [0.15, 0.2) is 11.6 Å². The standard InChI is InChI=1S/C15H28N2O/c1-4-7-13(3)15(18)17(10-5-2)12-14-8-6-9-16-11-14/h7,14,16H,4-6,8-12H2,1-3H3. The second kappa shape index (κ2) is 8.30. The lowest BCUT2D eigenvalue weighted by Gasteiger charge is -2.30. The number of hydrogen-bond acceptors (Lipinski definition) is 2. The molecule has 1 rings (SSSR count). The number of amides is 1. The van der Waals surface area contributed by atoms with Crippen LogP contribution in [0.2, 0.25) is 0 Å². The van der Waals surface area contributed by atoms with E-state index in [1.54, 1.807) is 0 Å². The summed E-state index contributed by atoms with van der Waals surface area (Å²) in [6.45, 7) is 10.1. The molecule has 1 saturated heterocycles. The summed E-state index contributed by atoms with van der Waals surface area (Å²) in [6.07, 6.45) is 6.48. The molecule has 0 spiro atoms. The summed E-state index contributed by atoms with van der Waals surface area (Å²) in [5.41, 5.74) is 0.898. The van der Waals surface area contributed by atoms with E-state index in [9.17, 15) is 4.79 Å². The van der Waals surface area contributed by atoms with Crippen LogP contribution >= 0.6 is 0 Å². The Bertz CT molecular complexity index is 280. The van der Waals surface area contributed by atoms with E-state index in [2.05, 4.69) is 19.2 Å². The largest absolute Gasteiger partial charge is 0.339 e. The SMILES string of the molecule is CCC=C(C)C(=O)N(CCC)CC1CCCNC1. The van der Waals surface area contributed by atoms with Gasteiger partial charge in [-0.2, -0.15) is 0 Å². The summed E-state index contributed by atoms with van der Waals surface area (Å²) in [5, 5.41) is 3.42. The van der Waals surface area contributed by atoms with Gasteiger partial charge in [0.25, 0.3) is 0 Å². The Morgan fingerprint density at radius 2 is 2.22 bits per heavy atom. The van der Waals surface area contributed by atoms with E-state index in [0.29, 0.717) is 5.92 Å². The second-order valence-corrected chi connectivity index (χ2v) is 5.26. The highest BCUT2D eigenvalue weighted by Crippen LogP contribution is 2.14. The summed E-state index contributed by atoms with van der Waals surface area (Å²) < 4.78 is 0. The molecule has 3 nitrogen and oxygen atoms in total. The average molecular weight is 252 g/mol. The normalized spacial score (nSPS) is 20.8. The van der Waals surface area contributed by atoms with Crippen molar-refractivity contribution in [3.63, 3.8) is 0 Å². The van der Waals surface area contributed by atoms with Crippen LogP contribution in [0.3, 0.4) is 0 Å². The summed E-state index contributed by atoms with van der Waals surface area (Å²) >= 11 is 0. The third-order valence-electron chi connectivity index (χ3n) is 3.51. The predicted molar refractivity (Wildman–Crippen MR) is 76.5 cm³/mol. The highest BCUT2D eigenvalue weighted by Gasteiger charge is 2.20. The first-order valence-corrected chi connectivity index (χ1v) is 7.35. The number of allylic oxidation sites excluding steroid dienone is 1. The number of nitrogens with one attached hydrogen (secondary N) is 1. The molecule has 0 aromatic carbocycles. The van der Waals surface area contributed by atoms with Gasteiger partial charge in [-0.25, -0.2) is 0 Å². The summed E-state index contributed by atoms with van der Waals surface area (Å²) in [6, 6.07) is 0. The fourth-order valence-electron chi connectivity index (χ4n) is 2.58. The van der Waals surface area contributed by atoms with Gasteiger partial charge < -0.3 is 10.2 Å². The van der Waals surface area contributed by atoms with Crippen molar-refractivity contribution >= 4 is 5.91 Å². The zero-order valence-corrected chi connectivity index (χ0v) is 12.2. The van der Waals surface area contributed by atoms with Crippen LogP contribution < -0.4 is 5.32 Å². The minimum atomic E-state index is 0.226. The third-order valence-corrected chi connectivity index (χ3v) is 3.51. The molecular formula is C15H28N2O. The van der Waals surface area contributed by atoms with Crippen molar-refractivity contribution in [3.8, 4) is 0 Å². The highest BCUT2D eigenvalue weighted by molar-refractivity contribution is 5.92. The Morgan fingerprint density at radius 1 is 1.44 bits per heavy atom. The van der Waals surface area contributed by atoms with Gasteiger partial charge in [-0.3, -0.25) is 4.79 Å². The first-order valence-electron chi connectivity index (χ1n) is 7.35. The Hall–Kier alpha value is -0.830. The van der Waals surface area contributed by atoms with Gasteiger partial charge in [0, 0.05) is 18.7 Å². The van der Waals surface area contributed by atoms with Crippen LogP contribution in [0.1, 0.15) is 46.5 Å². The first kappa shape index (κ1) is 15.2. The molecule has 3 heteroatoms. The van der Waals surface area contributed by atoms with E-state index in [4.69, 9.17) is 0 Å². The third kappa shape index (κ3) is 4.81. The fraction of sp³-hybridized carbons (Fsp3) is 0.800. The smallest absolute Gasteiger partial charge is 0.249 e. The lowest BCUT2D eigenvalue weighted by atomic mass is 9.98. The number of piperidine rings is 1. The van der Waals surface area contributed by atoms with Gasteiger partial charge in [0.05, 0.1) is 0 Å². The monoisotopic (exact) mass is 252 g/mol. The van der Waals surface area contributed by atoms with Crippen molar-refractivity contribution in [3.05, 3.63) is 11.6 Å². The molecule has 1 aliphatic rings. The van der Waals surface area contributed by atoms with E-state index < -0.39 is 0 Å². The van der Waals surface area contributed by atoms with Gasteiger partial charge >= 0.3 is 0 Å². The van der Waals surface area contributed by atoms with E-state index >= 15 is 0 Å². The van der Waals surface area contributed by atoms with Crippen LogP contribution in [0, 0.1) is 5.92 Å². The van der Waals surface area contributed by atoms with Crippen molar-refractivity contribution in [2.24, 2.45) is 5.92 Å². The molecular weight excluding hydrogens is 224 g/mol. The molecule has 0 aromatic rings. The molecule has 0 aliphatic carbocycles. The van der Waals surface area contributed by atoms with Crippen molar-refractivity contribution < 1.29 is 4.79 Å². The van der Waals surface area contributed by atoms with Crippen molar-refractivity contribution in [1.82, 2.24) is 10.2 Å². The molecule has 1 unspecified atom stereocenters. The molecule has 0 aromatic heterocycles. The lowest BCUT2D eigenvalue weighted by molar-refractivity contribution is -0.127. The Kier molecular flexibility index (Phi) is 7.02. The minimum absolute atomic E-state index is 0.226. The molecule has 1 heterocycles. The van der Waals surface area contributed by atoms with Crippen LogP contribution in [-0.2, 0) is 4.79 Å². The average Bonchev–Trinajstić information content (AvgIpc) is 2.39. The van der Waals surface area contributed by atoms with Crippen LogP contribution in [0.4, 0.5) is 0 Å². The van der Waals surface area contributed by atoms with Gasteiger partial charge in [-0.15, -0.1) is 0 Å². The molecule has 1 aliphatic heterocycles. The highest BCUT2D eigenvalue weighted by atomic mass is 16.2. The van der Waals surface area contributed by atoms with E-state index in [-0.39, 0.29) is 5.91 Å². The minimum Gasteiger partial charge on any atom is -0.339 e. The van der Waals surface area contributed by atoms with E-state index in [1.165, 1.54) is 12.8 Å².